The van der Waals surface area contributed by atoms with Gasteiger partial charge in [-0.1, -0.05) is 20.8 Å². The SMILES string of the molecule is CC(=O)[C@H](CCCCN)NC(=O)C(C)CC(C)C. The molecule has 0 rings (SSSR count). The molecule has 4 heteroatoms. The summed E-state index contributed by atoms with van der Waals surface area (Å²) < 4.78 is 0. The van der Waals surface area contributed by atoms with Gasteiger partial charge in [-0.2, -0.15) is 0 Å². The van der Waals surface area contributed by atoms with Gasteiger partial charge in [0.15, 0.2) is 5.78 Å². The number of unbranched alkanes of at least 4 members (excludes halogenated alkanes) is 1. The maximum Gasteiger partial charge on any atom is 0.223 e. The van der Waals surface area contributed by atoms with Crippen LogP contribution >= 0.6 is 0 Å². The molecule has 0 spiro atoms. The minimum absolute atomic E-state index is 0.0170. The molecule has 106 valence electrons. The van der Waals surface area contributed by atoms with Crippen molar-refractivity contribution in [2.75, 3.05) is 6.54 Å². The van der Waals surface area contributed by atoms with Crippen LogP contribution < -0.4 is 11.1 Å². The van der Waals surface area contributed by atoms with Crippen molar-refractivity contribution >= 4 is 11.7 Å². The highest BCUT2D eigenvalue weighted by Crippen LogP contribution is 2.12. The Labute approximate surface area is 111 Å². The van der Waals surface area contributed by atoms with Crippen LogP contribution in [-0.4, -0.2) is 24.3 Å². The Bertz CT molecular complexity index is 265. The zero-order valence-corrected chi connectivity index (χ0v) is 12.2. The first-order chi connectivity index (χ1) is 8.38. The van der Waals surface area contributed by atoms with Crippen molar-refractivity contribution in [1.29, 1.82) is 0 Å². The summed E-state index contributed by atoms with van der Waals surface area (Å²) >= 11 is 0. The maximum atomic E-state index is 11.9. The summed E-state index contributed by atoms with van der Waals surface area (Å²) in [6.07, 6.45) is 3.30. The lowest BCUT2D eigenvalue weighted by Gasteiger charge is -2.19. The molecule has 1 unspecified atom stereocenters. The van der Waals surface area contributed by atoms with Gasteiger partial charge in [0.2, 0.25) is 5.91 Å². The molecule has 0 radical (unpaired) electrons. The summed E-state index contributed by atoms with van der Waals surface area (Å²) in [5.41, 5.74) is 5.42. The Morgan fingerprint density at radius 1 is 1.17 bits per heavy atom. The molecule has 0 aromatic carbocycles. The highest BCUT2D eigenvalue weighted by atomic mass is 16.2. The lowest BCUT2D eigenvalue weighted by molar-refractivity contribution is -0.129. The van der Waals surface area contributed by atoms with E-state index in [2.05, 4.69) is 19.2 Å². The van der Waals surface area contributed by atoms with E-state index in [0.29, 0.717) is 18.9 Å². The third-order valence-corrected chi connectivity index (χ3v) is 3.03. The molecule has 0 aliphatic carbocycles. The van der Waals surface area contributed by atoms with Crippen molar-refractivity contribution in [3.8, 4) is 0 Å². The highest BCUT2D eigenvalue weighted by molar-refractivity contribution is 5.88. The van der Waals surface area contributed by atoms with Crippen molar-refractivity contribution in [1.82, 2.24) is 5.32 Å². The van der Waals surface area contributed by atoms with Crippen LogP contribution in [-0.2, 0) is 9.59 Å². The van der Waals surface area contributed by atoms with Crippen molar-refractivity contribution in [2.45, 2.75) is 59.4 Å². The van der Waals surface area contributed by atoms with E-state index >= 15 is 0 Å². The zero-order chi connectivity index (χ0) is 14.1. The third-order valence-electron chi connectivity index (χ3n) is 3.03. The lowest BCUT2D eigenvalue weighted by atomic mass is 9.97. The van der Waals surface area contributed by atoms with Crippen LogP contribution in [0.3, 0.4) is 0 Å². The van der Waals surface area contributed by atoms with E-state index in [4.69, 9.17) is 5.73 Å². The number of rotatable bonds is 9. The average molecular weight is 256 g/mol. The predicted octanol–water partition coefficient (Wildman–Crippen LogP) is 1.87. The zero-order valence-electron chi connectivity index (χ0n) is 12.2. The van der Waals surface area contributed by atoms with E-state index < -0.39 is 0 Å². The molecule has 18 heavy (non-hydrogen) atoms. The average Bonchev–Trinajstić information content (AvgIpc) is 2.26. The molecule has 0 aliphatic rings. The van der Waals surface area contributed by atoms with Crippen molar-refractivity contribution in [3.63, 3.8) is 0 Å². The van der Waals surface area contributed by atoms with Gasteiger partial charge >= 0.3 is 0 Å². The van der Waals surface area contributed by atoms with Crippen molar-refractivity contribution in [3.05, 3.63) is 0 Å². The number of hydrogen-bond acceptors (Lipinski definition) is 3. The lowest BCUT2D eigenvalue weighted by Crippen LogP contribution is -2.42. The van der Waals surface area contributed by atoms with Crippen LogP contribution in [0.2, 0.25) is 0 Å². The van der Waals surface area contributed by atoms with Gasteiger partial charge in [0.1, 0.15) is 0 Å². The van der Waals surface area contributed by atoms with Crippen molar-refractivity contribution in [2.24, 2.45) is 17.6 Å². The van der Waals surface area contributed by atoms with Crippen LogP contribution in [0.5, 0.6) is 0 Å². The molecule has 0 fully saturated rings. The largest absolute Gasteiger partial charge is 0.346 e. The Kier molecular flexibility index (Phi) is 8.63. The van der Waals surface area contributed by atoms with Crippen LogP contribution in [0.1, 0.15) is 53.4 Å². The third kappa shape index (κ3) is 7.43. The number of nitrogens with two attached hydrogens (primary N) is 1. The van der Waals surface area contributed by atoms with Gasteiger partial charge in [0, 0.05) is 5.92 Å². The smallest absolute Gasteiger partial charge is 0.223 e. The van der Waals surface area contributed by atoms with Gasteiger partial charge in [-0.25, -0.2) is 0 Å². The number of ketones is 1. The normalized spacial score (nSPS) is 14.3. The fourth-order valence-electron chi connectivity index (χ4n) is 2.00. The van der Waals surface area contributed by atoms with Gasteiger partial charge in [-0.3, -0.25) is 9.59 Å². The number of amides is 1. The van der Waals surface area contributed by atoms with E-state index in [0.717, 1.165) is 19.3 Å². The first kappa shape index (κ1) is 17.1. The van der Waals surface area contributed by atoms with Gasteiger partial charge in [-0.15, -0.1) is 0 Å². The highest BCUT2D eigenvalue weighted by Gasteiger charge is 2.20. The number of hydrogen-bond donors (Lipinski definition) is 2. The molecular formula is C14H28N2O2. The summed E-state index contributed by atoms with van der Waals surface area (Å²) in [5, 5.41) is 2.85. The van der Waals surface area contributed by atoms with Gasteiger partial charge in [0.25, 0.3) is 0 Å². The first-order valence-corrected chi connectivity index (χ1v) is 6.89. The second kappa shape index (κ2) is 9.09. The minimum atomic E-state index is -0.348. The Balaban J connectivity index is 4.22. The predicted molar refractivity (Wildman–Crippen MR) is 74.1 cm³/mol. The van der Waals surface area contributed by atoms with Crippen LogP contribution in [0, 0.1) is 11.8 Å². The quantitative estimate of drug-likeness (QED) is 0.619. The van der Waals surface area contributed by atoms with E-state index in [1.54, 1.807) is 0 Å². The number of nitrogens with one attached hydrogen (secondary N) is 1. The van der Waals surface area contributed by atoms with Crippen LogP contribution in [0.4, 0.5) is 0 Å². The molecule has 0 heterocycles. The minimum Gasteiger partial charge on any atom is -0.346 e. The fourth-order valence-corrected chi connectivity index (χ4v) is 2.00. The molecule has 0 aromatic rings. The maximum absolute atomic E-state index is 11.9. The van der Waals surface area contributed by atoms with E-state index in [9.17, 15) is 9.59 Å². The Hall–Kier alpha value is -0.900. The summed E-state index contributed by atoms with van der Waals surface area (Å²) in [5.74, 6) is 0.453. The topological polar surface area (TPSA) is 72.2 Å². The summed E-state index contributed by atoms with van der Waals surface area (Å²) in [7, 11) is 0. The molecule has 0 saturated heterocycles. The molecule has 1 amide bonds. The summed E-state index contributed by atoms with van der Waals surface area (Å²) in [4.78, 5) is 23.4. The number of Topliss-reactive ketones (excluding diaryl/α,β-unsaturated/α-hetero) is 1. The van der Waals surface area contributed by atoms with E-state index in [-0.39, 0.29) is 23.7 Å². The molecular weight excluding hydrogens is 228 g/mol. The van der Waals surface area contributed by atoms with Gasteiger partial charge in [0.05, 0.1) is 6.04 Å². The number of carbonyl (C=O) groups is 2. The molecule has 0 saturated carbocycles. The molecule has 2 atom stereocenters. The van der Waals surface area contributed by atoms with Crippen LogP contribution in [0.15, 0.2) is 0 Å². The second-order valence-electron chi connectivity index (χ2n) is 5.49. The number of carbonyl (C=O) groups excluding carboxylic acids is 2. The summed E-state index contributed by atoms with van der Waals surface area (Å²) in [6.45, 7) is 8.25. The monoisotopic (exact) mass is 256 g/mol. The molecule has 0 bridgehead atoms. The van der Waals surface area contributed by atoms with Crippen molar-refractivity contribution < 1.29 is 9.59 Å². The van der Waals surface area contributed by atoms with E-state index in [1.807, 2.05) is 6.92 Å². The standard InChI is InChI=1S/C14H28N2O2/c1-10(2)9-11(3)14(18)16-13(12(4)17)7-5-6-8-15/h10-11,13H,5-9,15H2,1-4H3,(H,16,18)/t11?,13-/m0/s1. The molecule has 3 N–H and O–H groups in total. The van der Waals surface area contributed by atoms with Gasteiger partial charge in [-0.05, 0) is 45.1 Å². The molecule has 0 aliphatic heterocycles. The summed E-state index contributed by atoms with van der Waals surface area (Å²) in [6, 6.07) is -0.348. The van der Waals surface area contributed by atoms with Gasteiger partial charge < -0.3 is 11.1 Å². The fraction of sp³-hybridized carbons (Fsp3) is 0.857. The molecule has 4 nitrogen and oxygen atoms in total. The first-order valence-electron chi connectivity index (χ1n) is 6.89. The Morgan fingerprint density at radius 2 is 1.78 bits per heavy atom. The molecule has 0 aromatic heterocycles. The second-order valence-corrected chi connectivity index (χ2v) is 5.49. The van der Waals surface area contributed by atoms with E-state index in [1.165, 1.54) is 6.92 Å². The Morgan fingerprint density at radius 3 is 2.22 bits per heavy atom. The van der Waals surface area contributed by atoms with Crippen LogP contribution in [0.25, 0.3) is 0 Å².